The Kier molecular flexibility index (Phi) is 1.58. The van der Waals surface area contributed by atoms with E-state index in [0.29, 0.717) is 11.5 Å². The van der Waals surface area contributed by atoms with Crippen LogP contribution in [0, 0.1) is 0 Å². The molecule has 0 atom stereocenters. The number of nitrogens with one attached hydrogen (secondary N) is 1. The summed E-state index contributed by atoms with van der Waals surface area (Å²) in [4.78, 5) is 0. The maximum absolute atomic E-state index is 5.72. The van der Waals surface area contributed by atoms with Crippen LogP contribution in [0.25, 0.3) is 0 Å². The van der Waals surface area contributed by atoms with Gasteiger partial charge in [-0.05, 0) is 12.1 Å². The van der Waals surface area contributed by atoms with Crippen molar-refractivity contribution in [3.63, 3.8) is 0 Å². The van der Waals surface area contributed by atoms with Crippen LogP contribution in [0.15, 0.2) is 22.6 Å². The summed E-state index contributed by atoms with van der Waals surface area (Å²) < 4.78 is 6.96. The molecule has 4 nitrogen and oxygen atoms in total. The van der Waals surface area contributed by atoms with Crippen LogP contribution in [0.3, 0.4) is 0 Å². The average molecular weight is 180 g/mol. The Bertz CT molecular complexity index is 347. The summed E-state index contributed by atoms with van der Waals surface area (Å²) >= 11 is 1.21. The molecule has 1 aliphatic heterocycles. The van der Waals surface area contributed by atoms with Crippen molar-refractivity contribution in [3.8, 4) is 0 Å². The van der Waals surface area contributed by atoms with E-state index in [1.807, 2.05) is 12.1 Å². The summed E-state index contributed by atoms with van der Waals surface area (Å²) in [5, 5.41) is 0. The van der Waals surface area contributed by atoms with Gasteiger partial charge in [0.05, 0.1) is 23.4 Å². The van der Waals surface area contributed by atoms with E-state index in [4.69, 9.17) is 11.5 Å². The van der Waals surface area contributed by atoms with Crippen molar-refractivity contribution < 1.29 is 0 Å². The zero-order valence-electron chi connectivity index (χ0n) is 6.24. The first kappa shape index (κ1) is 7.30. The van der Waals surface area contributed by atoms with E-state index >= 15 is 0 Å². The highest BCUT2D eigenvalue weighted by molar-refractivity contribution is 7.99. The molecule has 0 aromatic heterocycles. The van der Waals surface area contributed by atoms with Crippen molar-refractivity contribution in [1.29, 1.82) is 0 Å². The Balaban J connectivity index is 2.64. The molecule has 62 valence electrons. The number of hydrogen-bond acceptors (Lipinski definition) is 5. The van der Waals surface area contributed by atoms with Crippen LogP contribution in [0.5, 0.6) is 0 Å². The highest BCUT2D eigenvalue weighted by Gasteiger charge is 2.13. The van der Waals surface area contributed by atoms with E-state index in [9.17, 15) is 0 Å². The van der Waals surface area contributed by atoms with Crippen molar-refractivity contribution in [2.45, 2.75) is 0 Å². The average Bonchev–Trinajstić information content (AvgIpc) is 2.04. The minimum atomic E-state index is 0.479. The molecule has 0 saturated carbocycles. The Morgan fingerprint density at radius 2 is 2.17 bits per heavy atom. The molecule has 5 N–H and O–H groups in total. The van der Waals surface area contributed by atoms with E-state index in [-0.39, 0.29) is 0 Å². The molecular formula is C7H8N4S. The molecule has 1 aliphatic rings. The number of fused-ring (bicyclic) bond motifs is 1. The largest absolute Gasteiger partial charge is 0.398 e. The standard InChI is InChI=1S/C7H8N4S/c8-4-2-1-3-5-6(4)7(9)11-12-10-5/h1-3,10H,8H2,(H2,9,11). The van der Waals surface area contributed by atoms with Gasteiger partial charge in [0.2, 0.25) is 0 Å². The first-order valence-corrected chi connectivity index (χ1v) is 4.21. The summed E-state index contributed by atoms with van der Waals surface area (Å²) in [5.74, 6) is 0.479. The van der Waals surface area contributed by atoms with Crippen LogP contribution in [-0.4, -0.2) is 5.84 Å². The van der Waals surface area contributed by atoms with E-state index < -0.39 is 0 Å². The van der Waals surface area contributed by atoms with Gasteiger partial charge < -0.3 is 16.2 Å². The molecule has 1 heterocycles. The van der Waals surface area contributed by atoms with Gasteiger partial charge >= 0.3 is 0 Å². The monoisotopic (exact) mass is 180 g/mol. The third-order valence-electron chi connectivity index (χ3n) is 1.65. The number of rotatable bonds is 0. The number of nitrogens with two attached hydrogens (primary N) is 2. The third kappa shape index (κ3) is 0.984. The van der Waals surface area contributed by atoms with E-state index in [1.54, 1.807) is 6.07 Å². The van der Waals surface area contributed by atoms with Gasteiger partial charge in [-0.25, -0.2) is 0 Å². The van der Waals surface area contributed by atoms with E-state index in [0.717, 1.165) is 11.3 Å². The topological polar surface area (TPSA) is 76.4 Å². The fourth-order valence-electron chi connectivity index (χ4n) is 1.11. The van der Waals surface area contributed by atoms with Gasteiger partial charge in [-0.2, -0.15) is 4.40 Å². The predicted octanol–water partition coefficient (Wildman–Crippen LogP) is 0.963. The van der Waals surface area contributed by atoms with Crippen molar-refractivity contribution in [2.24, 2.45) is 10.1 Å². The molecular weight excluding hydrogens is 172 g/mol. The zero-order valence-corrected chi connectivity index (χ0v) is 7.06. The van der Waals surface area contributed by atoms with Crippen molar-refractivity contribution >= 4 is 29.3 Å². The summed E-state index contributed by atoms with van der Waals surface area (Å²) in [6.45, 7) is 0. The molecule has 1 aromatic carbocycles. The molecule has 1 aromatic rings. The molecule has 0 amide bonds. The lowest BCUT2D eigenvalue weighted by atomic mass is 10.1. The van der Waals surface area contributed by atoms with Crippen LogP contribution >= 0.6 is 12.1 Å². The van der Waals surface area contributed by atoms with Gasteiger partial charge in [-0.15, -0.1) is 0 Å². The fourth-order valence-corrected chi connectivity index (χ4v) is 1.61. The van der Waals surface area contributed by atoms with Crippen molar-refractivity contribution in [3.05, 3.63) is 23.8 Å². The first-order valence-electron chi connectivity index (χ1n) is 3.43. The normalized spacial score (nSPS) is 14.5. The van der Waals surface area contributed by atoms with Crippen molar-refractivity contribution in [1.82, 2.24) is 0 Å². The van der Waals surface area contributed by atoms with E-state index in [2.05, 4.69) is 9.12 Å². The summed E-state index contributed by atoms with van der Waals surface area (Å²) in [6.07, 6.45) is 0. The van der Waals surface area contributed by atoms with Crippen molar-refractivity contribution in [2.75, 3.05) is 10.5 Å². The van der Waals surface area contributed by atoms with Crippen LogP contribution in [0.1, 0.15) is 5.56 Å². The second kappa shape index (κ2) is 2.60. The maximum atomic E-state index is 5.72. The Labute approximate surface area is 74.3 Å². The summed E-state index contributed by atoms with van der Waals surface area (Å²) in [6, 6.07) is 5.60. The number of benzene rings is 1. The maximum Gasteiger partial charge on any atom is 0.144 e. The quantitative estimate of drug-likeness (QED) is 0.410. The second-order valence-corrected chi connectivity index (χ2v) is 3.01. The molecule has 0 aliphatic carbocycles. The fraction of sp³-hybridized carbons (Fsp3) is 0. The minimum absolute atomic E-state index is 0.479. The van der Waals surface area contributed by atoms with Gasteiger partial charge in [0, 0.05) is 5.69 Å². The Morgan fingerprint density at radius 3 is 2.92 bits per heavy atom. The lowest BCUT2D eigenvalue weighted by molar-refractivity contribution is 1.53. The lowest BCUT2D eigenvalue weighted by Crippen LogP contribution is -2.19. The third-order valence-corrected chi connectivity index (χ3v) is 2.25. The summed E-state index contributed by atoms with van der Waals surface area (Å²) in [5.41, 5.74) is 13.8. The SMILES string of the molecule is NC1=NSNc2cccc(N)c21. The number of hydrogen-bond donors (Lipinski definition) is 3. The highest BCUT2D eigenvalue weighted by atomic mass is 32.2. The Hall–Kier alpha value is -1.36. The minimum Gasteiger partial charge on any atom is -0.398 e. The van der Waals surface area contributed by atoms with Crippen LogP contribution in [0.2, 0.25) is 0 Å². The van der Waals surface area contributed by atoms with Crippen LogP contribution in [0.4, 0.5) is 11.4 Å². The van der Waals surface area contributed by atoms with Crippen LogP contribution < -0.4 is 16.2 Å². The Morgan fingerprint density at radius 1 is 1.33 bits per heavy atom. The molecule has 0 saturated heterocycles. The van der Waals surface area contributed by atoms with Gasteiger partial charge in [-0.3, -0.25) is 0 Å². The molecule has 2 rings (SSSR count). The molecule has 5 heteroatoms. The predicted molar refractivity (Wildman–Crippen MR) is 52.8 cm³/mol. The van der Waals surface area contributed by atoms with Crippen LogP contribution in [-0.2, 0) is 0 Å². The smallest absolute Gasteiger partial charge is 0.144 e. The molecule has 0 radical (unpaired) electrons. The number of nitrogen functional groups attached to an aromatic ring is 1. The molecule has 0 unspecified atom stereocenters. The number of anilines is 2. The van der Waals surface area contributed by atoms with Gasteiger partial charge in [0.25, 0.3) is 0 Å². The molecule has 0 bridgehead atoms. The number of nitrogens with zero attached hydrogens (tertiary/aromatic N) is 1. The van der Waals surface area contributed by atoms with Gasteiger partial charge in [0.15, 0.2) is 0 Å². The van der Waals surface area contributed by atoms with E-state index in [1.165, 1.54) is 12.1 Å². The highest BCUT2D eigenvalue weighted by Crippen LogP contribution is 2.28. The zero-order chi connectivity index (χ0) is 8.55. The second-order valence-electron chi connectivity index (χ2n) is 2.44. The lowest BCUT2D eigenvalue weighted by Gasteiger charge is -2.15. The molecule has 12 heavy (non-hydrogen) atoms. The molecule has 0 spiro atoms. The van der Waals surface area contributed by atoms with Gasteiger partial charge in [0.1, 0.15) is 5.84 Å². The first-order chi connectivity index (χ1) is 5.79. The molecule has 0 fully saturated rings. The number of amidine groups is 1. The summed E-state index contributed by atoms with van der Waals surface area (Å²) in [7, 11) is 0. The van der Waals surface area contributed by atoms with Gasteiger partial charge in [-0.1, -0.05) is 6.07 Å².